The maximum Gasteiger partial charge on any atom is 0.416 e. The zero-order chi connectivity index (χ0) is 15.6. The van der Waals surface area contributed by atoms with Crippen molar-refractivity contribution in [2.75, 3.05) is 5.32 Å². The van der Waals surface area contributed by atoms with E-state index in [1.807, 2.05) is 0 Å². The van der Waals surface area contributed by atoms with Crippen LogP contribution in [-0.2, 0) is 6.18 Å². The number of nitrogens with one attached hydrogen (secondary N) is 1. The first-order valence-corrected chi connectivity index (χ1v) is 6.39. The van der Waals surface area contributed by atoms with E-state index in [1.54, 1.807) is 0 Å². The first-order valence-electron chi connectivity index (χ1n) is 5.59. The molecule has 0 fully saturated rings. The van der Waals surface area contributed by atoms with Crippen LogP contribution in [0.4, 0.5) is 18.9 Å². The number of benzene rings is 1. The molecule has 2 aromatic rings. The number of halogens is 4. The van der Waals surface area contributed by atoms with E-state index >= 15 is 0 Å². The van der Waals surface area contributed by atoms with Crippen LogP contribution in [0, 0.1) is 0 Å². The highest BCUT2D eigenvalue weighted by Gasteiger charge is 2.31. The summed E-state index contributed by atoms with van der Waals surface area (Å²) in [5.74, 6) is -0.899. The van der Waals surface area contributed by atoms with Gasteiger partial charge in [0.1, 0.15) is 5.75 Å². The second kappa shape index (κ2) is 5.72. The molecule has 0 aliphatic heterocycles. The van der Waals surface area contributed by atoms with Crippen molar-refractivity contribution in [2.45, 2.75) is 6.18 Å². The average Bonchev–Trinajstić information content (AvgIpc) is 2.40. The molecule has 1 heterocycles. The van der Waals surface area contributed by atoms with E-state index in [4.69, 9.17) is 0 Å². The smallest absolute Gasteiger partial charge is 0.416 e. The largest absolute Gasteiger partial charge is 0.506 e. The summed E-state index contributed by atoms with van der Waals surface area (Å²) in [5, 5.41) is 11.6. The summed E-state index contributed by atoms with van der Waals surface area (Å²) in [6, 6.07) is 4.07. The number of alkyl halides is 3. The van der Waals surface area contributed by atoms with Crippen molar-refractivity contribution < 1.29 is 23.1 Å². The first kappa shape index (κ1) is 15.3. The predicted octanol–water partition coefficient (Wildman–Crippen LogP) is 3.82. The van der Waals surface area contributed by atoms with Gasteiger partial charge in [-0.15, -0.1) is 0 Å². The normalized spacial score (nSPS) is 11.2. The van der Waals surface area contributed by atoms with Crippen LogP contribution in [0.5, 0.6) is 5.75 Å². The highest BCUT2D eigenvalue weighted by Crippen LogP contribution is 2.34. The van der Waals surface area contributed by atoms with Gasteiger partial charge in [0.2, 0.25) is 0 Å². The number of carbonyl (C=O) groups excluding carboxylic acids is 1. The summed E-state index contributed by atoms with van der Waals surface area (Å²) < 4.78 is 38.2. The third-order valence-electron chi connectivity index (χ3n) is 2.53. The molecule has 0 bridgehead atoms. The number of anilines is 1. The molecule has 0 aliphatic carbocycles. The van der Waals surface area contributed by atoms with Crippen molar-refractivity contribution in [2.24, 2.45) is 0 Å². The Morgan fingerprint density at radius 3 is 2.57 bits per heavy atom. The molecular formula is C13H8BrF3N2O2. The van der Waals surface area contributed by atoms with Crippen LogP contribution in [-0.4, -0.2) is 16.0 Å². The molecule has 8 heteroatoms. The van der Waals surface area contributed by atoms with Crippen molar-refractivity contribution in [1.29, 1.82) is 0 Å². The third-order valence-corrected chi connectivity index (χ3v) is 3.22. The fourth-order valence-electron chi connectivity index (χ4n) is 1.54. The lowest BCUT2D eigenvalue weighted by atomic mass is 10.2. The zero-order valence-electron chi connectivity index (χ0n) is 10.3. The number of rotatable bonds is 2. The number of aromatic nitrogens is 1. The monoisotopic (exact) mass is 360 g/mol. The van der Waals surface area contributed by atoms with Gasteiger partial charge in [-0.1, -0.05) is 0 Å². The Balaban J connectivity index is 2.29. The molecular weight excluding hydrogens is 353 g/mol. The van der Waals surface area contributed by atoms with E-state index in [9.17, 15) is 23.1 Å². The summed E-state index contributed by atoms with van der Waals surface area (Å²) in [4.78, 5) is 15.5. The second-order valence-corrected chi connectivity index (χ2v) is 4.93. The van der Waals surface area contributed by atoms with Crippen molar-refractivity contribution >= 4 is 27.5 Å². The van der Waals surface area contributed by atoms with E-state index in [-0.39, 0.29) is 17.0 Å². The molecule has 1 aromatic carbocycles. The second-order valence-electron chi connectivity index (χ2n) is 4.08. The maximum absolute atomic E-state index is 12.6. The van der Waals surface area contributed by atoms with Gasteiger partial charge in [-0.05, 0) is 40.2 Å². The molecule has 0 unspecified atom stereocenters. The Labute approximate surface area is 125 Å². The number of nitrogens with zero attached hydrogens (tertiary/aromatic N) is 1. The summed E-state index contributed by atoms with van der Waals surface area (Å²) >= 11 is 3.07. The van der Waals surface area contributed by atoms with Gasteiger partial charge in [0.25, 0.3) is 5.91 Å². The Morgan fingerprint density at radius 2 is 1.95 bits per heavy atom. The van der Waals surface area contributed by atoms with Crippen LogP contribution in [0.2, 0.25) is 0 Å². The van der Waals surface area contributed by atoms with Crippen LogP contribution < -0.4 is 5.32 Å². The van der Waals surface area contributed by atoms with Gasteiger partial charge < -0.3 is 10.4 Å². The minimum absolute atomic E-state index is 0.0271. The van der Waals surface area contributed by atoms with Crippen molar-refractivity contribution in [1.82, 2.24) is 4.98 Å². The number of hydrogen-bond donors (Lipinski definition) is 2. The van der Waals surface area contributed by atoms with Gasteiger partial charge in [-0.2, -0.15) is 13.2 Å². The van der Waals surface area contributed by atoms with Crippen LogP contribution >= 0.6 is 15.9 Å². The molecule has 0 radical (unpaired) electrons. The standard InChI is InChI=1S/C13H8BrF3N2O2/c14-10-2-1-8(13(15,16)17)4-11(10)19-12(21)7-3-9(20)6-18-5-7/h1-6,20H,(H,19,21). The number of hydrogen-bond acceptors (Lipinski definition) is 3. The Kier molecular flexibility index (Phi) is 4.17. The van der Waals surface area contributed by atoms with Gasteiger partial charge in [0.15, 0.2) is 0 Å². The molecule has 0 atom stereocenters. The molecule has 0 spiro atoms. The third kappa shape index (κ3) is 3.72. The molecule has 21 heavy (non-hydrogen) atoms. The summed E-state index contributed by atoms with van der Waals surface area (Å²) in [6.45, 7) is 0. The number of carbonyl (C=O) groups is 1. The Hall–Kier alpha value is -2.09. The maximum atomic E-state index is 12.6. The summed E-state index contributed by atoms with van der Waals surface area (Å²) in [6.07, 6.45) is -2.18. The van der Waals surface area contributed by atoms with Crippen molar-refractivity contribution in [3.05, 3.63) is 52.3 Å². The first-order chi connectivity index (χ1) is 9.77. The predicted molar refractivity (Wildman–Crippen MR) is 73.0 cm³/mol. The lowest BCUT2D eigenvalue weighted by molar-refractivity contribution is -0.137. The molecule has 0 saturated heterocycles. The average molecular weight is 361 g/mol. The van der Waals surface area contributed by atoms with Crippen LogP contribution in [0.15, 0.2) is 41.1 Å². The van der Waals surface area contributed by atoms with Crippen molar-refractivity contribution in [3.8, 4) is 5.75 Å². The highest BCUT2D eigenvalue weighted by molar-refractivity contribution is 9.10. The van der Waals surface area contributed by atoms with E-state index in [1.165, 1.54) is 12.3 Å². The summed E-state index contributed by atoms with van der Waals surface area (Å²) in [5.41, 5.74) is -0.882. The quantitative estimate of drug-likeness (QED) is 0.855. The molecule has 4 nitrogen and oxygen atoms in total. The molecule has 1 amide bonds. The van der Waals surface area contributed by atoms with E-state index in [0.29, 0.717) is 4.47 Å². The van der Waals surface area contributed by atoms with E-state index in [2.05, 4.69) is 26.2 Å². The molecule has 110 valence electrons. The summed E-state index contributed by atoms with van der Waals surface area (Å²) in [7, 11) is 0. The Morgan fingerprint density at radius 1 is 1.24 bits per heavy atom. The van der Waals surface area contributed by atoms with Crippen LogP contribution in [0.3, 0.4) is 0 Å². The minimum atomic E-state index is -4.51. The lowest BCUT2D eigenvalue weighted by Crippen LogP contribution is -2.14. The lowest BCUT2D eigenvalue weighted by Gasteiger charge is -2.11. The Bertz CT molecular complexity index is 689. The van der Waals surface area contributed by atoms with Gasteiger partial charge in [-0.3, -0.25) is 9.78 Å². The van der Waals surface area contributed by atoms with Crippen LogP contribution in [0.1, 0.15) is 15.9 Å². The molecule has 0 saturated carbocycles. The topological polar surface area (TPSA) is 62.2 Å². The number of amides is 1. The van der Waals surface area contributed by atoms with Gasteiger partial charge in [0.05, 0.1) is 23.0 Å². The SMILES string of the molecule is O=C(Nc1cc(C(F)(F)F)ccc1Br)c1cncc(O)c1. The number of aromatic hydroxyl groups is 1. The molecule has 1 aromatic heterocycles. The van der Waals surface area contributed by atoms with Crippen molar-refractivity contribution in [3.63, 3.8) is 0 Å². The molecule has 2 N–H and O–H groups in total. The van der Waals surface area contributed by atoms with Crippen LogP contribution in [0.25, 0.3) is 0 Å². The van der Waals surface area contributed by atoms with Gasteiger partial charge >= 0.3 is 6.18 Å². The molecule has 2 rings (SSSR count). The van der Waals surface area contributed by atoms with Gasteiger partial charge in [-0.25, -0.2) is 0 Å². The van der Waals surface area contributed by atoms with E-state index in [0.717, 1.165) is 24.4 Å². The zero-order valence-corrected chi connectivity index (χ0v) is 11.9. The number of pyridine rings is 1. The fraction of sp³-hybridized carbons (Fsp3) is 0.0769. The van der Waals surface area contributed by atoms with E-state index < -0.39 is 17.6 Å². The minimum Gasteiger partial charge on any atom is -0.506 e. The highest BCUT2D eigenvalue weighted by atomic mass is 79.9. The molecule has 0 aliphatic rings. The van der Waals surface area contributed by atoms with Gasteiger partial charge in [0, 0.05) is 10.7 Å². The fourth-order valence-corrected chi connectivity index (χ4v) is 1.89.